The smallest absolute Gasteiger partial charge is 0.305 e. The third-order valence-electron chi connectivity index (χ3n) is 3.11. The second-order valence-electron chi connectivity index (χ2n) is 5.33. The standard InChI is InChI=1S/C15H22O10/c1-7(16)21-12-11(6-20-5)25-15(24-10(4)19)14(23-9(3)18)13(12)22-8(2)17/h11-15H,6H2,1-5H3/t11-,12+,13+,14-,15?/m1/s1. The molecule has 10 heteroatoms. The van der Waals surface area contributed by atoms with E-state index in [1.807, 2.05) is 0 Å². The second-order valence-corrected chi connectivity index (χ2v) is 5.33. The summed E-state index contributed by atoms with van der Waals surface area (Å²) in [7, 11) is 1.38. The molecule has 1 fully saturated rings. The van der Waals surface area contributed by atoms with Gasteiger partial charge in [-0.15, -0.1) is 0 Å². The Kier molecular flexibility index (Phi) is 7.78. The fourth-order valence-electron chi connectivity index (χ4n) is 2.41. The van der Waals surface area contributed by atoms with Crippen molar-refractivity contribution in [3.05, 3.63) is 0 Å². The van der Waals surface area contributed by atoms with Gasteiger partial charge >= 0.3 is 23.9 Å². The zero-order valence-corrected chi connectivity index (χ0v) is 14.7. The highest BCUT2D eigenvalue weighted by molar-refractivity contribution is 5.69. The maximum absolute atomic E-state index is 11.5. The van der Waals surface area contributed by atoms with E-state index in [1.165, 1.54) is 7.11 Å². The van der Waals surface area contributed by atoms with Gasteiger partial charge < -0.3 is 28.4 Å². The van der Waals surface area contributed by atoms with Crippen LogP contribution >= 0.6 is 0 Å². The number of carbonyl (C=O) groups excluding carboxylic acids is 4. The molecule has 1 aliphatic heterocycles. The van der Waals surface area contributed by atoms with E-state index in [9.17, 15) is 19.2 Å². The van der Waals surface area contributed by atoms with Crippen molar-refractivity contribution in [3.63, 3.8) is 0 Å². The van der Waals surface area contributed by atoms with Crippen LogP contribution in [0.5, 0.6) is 0 Å². The molecule has 1 saturated heterocycles. The minimum atomic E-state index is -1.36. The number of carbonyl (C=O) groups is 4. The highest BCUT2D eigenvalue weighted by atomic mass is 16.7. The van der Waals surface area contributed by atoms with Crippen LogP contribution in [0.2, 0.25) is 0 Å². The molecule has 25 heavy (non-hydrogen) atoms. The first-order valence-electron chi connectivity index (χ1n) is 7.49. The molecular weight excluding hydrogens is 340 g/mol. The molecule has 0 saturated carbocycles. The van der Waals surface area contributed by atoms with E-state index in [0.717, 1.165) is 27.7 Å². The molecular formula is C15H22O10. The number of hydrogen-bond donors (Lipinski definition) is 0. The summed E-state index contributed by atoms with van der Waals surface area (Å²) in [6.45, 7) is 4.50. The topological polar surface area (TPSA) is 124 Å². The predicted octanol–water partition coefficient (Wildman–Crippen LogP) is -0.284. The number of methoxy groups -OCH3 is 1. The van der Waals surface area contributed by atoms with Crippen LogP contribution in [0.25, 0.3) is 0 Å². The van der Waals surface area contributed by atoms with Gasteiger partial charge in [-0.05, 0) is 0 Å². The van der Waals surface area contributed by atoms with Gasteiger partial charge in [-0.25, -0.2) is 0 Å². The molecule has 1 unspecified atom stereocenters. The van der Waals surface area contributed by atoms with E-state index < -0.39 is 54.6 Å². The van der Waals surface area contributed by atoms with Gasteiger partial charge in [0.1, 0.15) is 6.10 Å². The molecule has 5 atom stereocenters. The average molecular weight is 362 g/mol. The van der Waals surface area contributed by atoms with Crippen molar-refractivity contribution in [2.45, 2.75) is 58.4 Å². The Morgan fingerprint density at radius 2 is 1.16 bits per heavy atom. The molecule has 0 bridgehead atoms. The van der Waals surface area contributed by atoms with Gasteiger partial charge in [0.2, 0.25) is 12.4 Å². The molecule has 0 aromatic heterocycles. The zero-order chi connectivity index (χ0) is 19.1. The lowest BCUT2D eigenvalue weighted by molar-refractivity contribution is -0.300. The van der Waals surface area contributed by atoms with Crippen molar-refractivity contribution in [1.82, 2.24) is 0 Å². The van der Waals surface area contributed by atoms with Gasteiger partial charge in [-0.3, -0.25) is 19.2 Å². The lowest BCUT2D eigenvalue weighted by Gasteiger charge is -2.43. The highest BCUT2D eigenvalue weighted by Gasteiger charge is 2.53. The Hall–Kier alpha value is -2.20. The third-order valence-corrected chi connectivity index (χ3v) is 3.11. The largest absolute Gasteiger partial charge is 0.456 e. The summed E-state index contributed by atoms with van der Waals surface area (Å²) in [4.78, 5) is 45.7. The van der Waals surface area contributed by atoms with Gasteiger partial charge in [0.15, 0.2) is 12.2 Å². The summed E-state index contributed by atoms with van der Waals surface area (Å²) in [5.74, 6) is -2.81. The Labute approximate surface area is 144 Å². The third kappa shape index (κ3) is 6.31. The molecule has 142 valence electrons. The van der Waals surface area contributed by atoms with E-state index in [1.54, 1.807) is 0 Å². The Balaban J connectivity index is 3.25. The fraction of sp³-hybridized carbons (Fsp3) is 0.733. The van der Waals surface area contributed by atoms with Crippen molar-refractivity contribution in [3.8, 4) is 0 Å². The lowest BCUT2D eigenvalue weighted by Crippen LogP contribution is -2.63. The Morgan fingerprint density at radius 3 is 1.60 bits per heavy atom. The number of ether oxygens (including phenoxy) is 6. The van der Waals surface area contributed by atoms with Gasteiger partial charge in [0.05, 0.1) is 6.61 Å². The van der Waals surface area contributed by atoms with E-state index in [0.29, 0.717) is 0 Å². The molecule has 10 nitrogen and oxygen atoms in total. The summed E-state index contributed by atoms with van der Waals surface area (Å²) in [5.41, 5.74) is 0. The maximum atomic E-state index is 11.5. The van der Waals surface area contributed by atoms with Crippen molar-refractivity contribution in [2.24, 2.45) is 0 Å². The van der Waals surface area contributed by atoms with Gasteiger partial charge in [0.25, 0.3) is 0 Å². The molecule has 1 rings (SSSR count). The molecule has 0 amide bonds. The molecule has 1 aliphatic rings. The van der Waals surface area contributed by atoms with E-state index in [2.05, 4.69) is 0 Å². The minimum Gasteiger partial charge on any atom is -0.456 e. The van der Waals surface area contributed by atoms with E-state index in [-0.39, 0.29) is 6.61 Å². The van der Waals surface area contributed by atoms with Gasteiger partial charge in [-0.2, -0.15) is 0 Å². The van der Waals surface area contributed by atoms with Crippen LogP contribution in [0.4, 0.5) is 0 Å². The molecule has 0 aromatic carbocycles. The lowest BCUT2D eigenvalue weighted by atomic mass is 9.98. The zero-order valence-electron chi connectivity index (χ0n) is 14.7. The van der Waals surface area contributed by atoms with Crippen LogP contribution in [-0.4, -0.2) is 68.3 Å². The monoisotopic (exact) mass is 362 g/mol. The van der Waals surface area contributed by atoms with Crippen molar-refractivity contribution < 1.29 is 47.6 Å². The first-order chi connectivity index (χ1) is 11.6. The van der Waals surface area contributed by atoms with Crippen LogP contribution in [0.15, 0.2) is 0 Å². The highest BCUT2D eigenvalue weighted by Crippen LogP contribution is 2.29. The number of rotatable bonds is 6. The quantitative estimate of drug-likeness (QED) is 0.460. The molecule has 0 N–H and O–H groups in total. The molecule has 0 radical (unpaired) electrons. The van der Waals surface area contributed by atoms with Crippen LogP contribution in [0, 0.1) is 0 Å². The number of hydrogen-bond acceptors (Lipinski definition) is 10. The van der Waals surface area contributed by atoms with E-state index in [4.69, 9.17) is 28.4 Å². The molecule has 1 heterocycles. The van der Waals surface area contributed by atoms with Crippen molar-refractivity contribution >= 4 is 23.9 Å². The maximum Gasteiger partial charge on any atom is 0.305 e. The van der Waals surface area contributed by atoms with Gasteiger partial charge in [0, 0.05) is 34.8 Å². The first kappa shape index (κ1) is 20.8. The van der Waals surface area contributed by atoms with Crippen molar-refractivity contribution in [1.29, 1.82) is 0 Å². The normalized spacial score (nSPS) is 28.6. The molecule has 0 aliphatic carbocycles. The Morgan fingerprint density at radius 1 is 0.720 bits per heavy atom. The predicted molar refractivity (Wildman–Crippen MR) is 79.0 cm³/mol. The van der Waals surface area contributed by atoms with Crippen LogP contribution in [-0.2, 0) is 47.6 Å². The van der Waals surface area contributed by atoms with Crippen LogP contribution < -0.4 is 0 Å². The molecule has 0 aromatic rings. The minimum absolute atomic E-state index is 0.0553. The summed E-state index contributed by atoms with van der Waals surface area (Å²) >= 11 is 0. The average Bonchev–Trinajstić information content (AvgIpc) is 2.45. The summed E-state index contributed by atoms with van der Waals surface area (Å²) in [6.07, 6.45) is -5.98. The van der Waals surface area contributed by atoms with Gasteiger partial charge in [-0.1, -0.05) is 0 Å². The number of esters is 4. The van der Waals surface area contributed by atoms with Crippen molar-refractivity contribution in [2.75, 3.05) is 13.7 Å². The summed E-state index contributed by atoms with van der Waals surface area (Å²) in [6, 6.07) is 0. The first-order valence-corrected chi connectivity index (χ1v) is 7.49. The fourth-order valence-corrected chi connectivity index (χ4v) is 2.41. The van der Waals surface area contributed by atoms with Crippen LogP contribution in [0.3, 0.4) is 0 Å². The van der Waals surface area contributed by atoms with E-state index >= 15 is 0 Å². The Bertz CT molecular complexity index is 516. The summed E-state index contributed by atoms with van der Waals surface area (Å²) in [5, 5.41) is 0. The SMILES string of the molecule is COC[C@H]1OC(OC(C)=O)[C@H](OC(C)=O)[C@@H](OC(C)=O)[C@H]1OC(C)=O. The van der Waals surface area contributed by atoms with Crippen LogP contribution in [0.1, 0.15) is 27.7 Å². The second kappa shape index (κ2) is 9.33. The summed E-state index contributed by atoms with van der Waals surface area (Å²) < 4.78 is 31.1. The molecule has 0 spiro atoms.